The zero-order valence-corrected chi connectivity index (χ0v) is 53.9. The maximum atomic E-state index is 14.0. The van der Waals surface area contributed by atoms with Gasteiger partial charge in [-0.2, -0.15) is 0 Å². The van der Waals surface area contributed by atoms with Crippen LogP contribution in [0.25, 0.3) is 0 Å². The van der Waals surface area contributed by atoms with Crippen LogP contribution in [-0.4, -0.2) is 303 Å². The van der Waals surface area contributed by atoms with E-state index in [2.05, 4.69) is 26.6 Å². The third-order valence-electron chi connectivity index (χ3n) is 15.3. The summed E-state index contributed by atoms with van der Waals surface area (Å²) in [6, 6.07) is -3.41. The molecule has 0 aliphatic carbocycles. The molecule has 34 nitrogen and oxygen atoms in total. The second-order valence-electron chi connectivity index (χ2n) is 23.2. The lowest BCUT2D eigenvalue weighted by atomic mass is 9.97. The Kier molecular flexibility index (Phi) is 38.7. The highest BCUT2D eigenvalue weighted by Gasteiger charge is 2.48. The number of aliphatic hydroxyl groups excluding tert-OH is 10. The number of Topliss-reactive ketones (excluding diaryl/α,β-unsaturated/α-hetero) is 1. The van der Waals surface area contributed by atoms with E-state index in [4.69, 9.17) is 32.9 Å². The largest absolute Gasteiger partial charge is 0.394 e. The second kappa shape index (κ2) is 43.5. The van der Waals surface area contributed by atoms with Gasteiger partial charge in [0.25, 0.3) is 0 Å². The van der Waals surface area contributed by atoms with Gasteiger partial charge in [-0.1, -0.05) is 0 Å². The van der Waals surface area contributed by atoms with E-state index in [-0.39, 0.29) is 128 Å². The number of aliphatic hydroxyl groups is 10. The first-order valence-corrected chi connectivity index (χ1v) is 33.4. The highest BCUT2D eigenvalue weighted by Crippen LogP contribution is 2.36. The van der Waals surface area contributed by atoms with Crippen LogP contribution in [0.4, 0.5) is 0 Å². The molecule has 0 saturated carbocycles. The van der Waals surface area contributed by atoms with Gasteiger partial charge in [-0.3, -0.25) is 42.9 Å². The number of unbranched alkanes of at least 4 members (excludes halogenated alkanes) is 4. The molecule has 7 amide bonds. The Bertz CT molecular complexity index is 2300. The number of nitrogens with one attached hydrogen (secondary N) is 5. The van der Waals surface area contributed by atoms with Crippen molar-refractivity contribution in [2.24, 2.45) is 0 Å². The van der Waals surface area contributed by atoms with Gasteiger partial charge in [0.1, 0.15) is 78.8 Å². The van der Waals surface area contributed by atoms with Crippen molar-refractivity contribution in [3.63, 3.8) is 0 Å². The van der Waals surface area contributed by atoms with Crippen LogP contribution < -0.4 is 26.6 Å². The molecule has 3 aliphatic heterocycles. The Morgan fingerprint density at radius 3 is 1.26 bits per heavy atom. The number of amides is 7. The first-order chi connectivity index (χ1) is 43.6. The minimum Gasteiger partial charge on any atom is -0.394 e. The summed E-state index contributed by atoms with van der Waals surface area (Å²) in [7, 11) is -3.90. The summed E-state index contributed by atoms with van der Waals surface area (Å²) in [6.45, 7) is 2.64. The Balaban J connectivity index is 1.64. The highest BCUT2D eigenvalue weighted by atomic mass is 31.2. The third kappa shape index (κ3) is 30.5. The lowest BCUT2D eigenvalue weighted by Gasteiger charge is -2.42. The van der Waals surface area contributed by atoms with E-state index in [1.54, 1.807) is 4.90 Å². The summed E-state index contributed by atoms with van der Waals surface area (Å²) in [6.07, 6.45) is -14.1. The zero-order valence-electron chi connectivity index (χ0n) is 53.0. The van der Waals surface area contributed by atoms with E-state index in [0.29, 0.717) is 51.4 Å². The van der Waals surface area contributed by atoms with Crippen molar-refractivity contribution in [3.05, 3.63) is 0 Å². The molecule has 8 unspecified atom stereocenters. The average molecular weight is 1350 g/mol. The summed E-state index contributed by atoms with van der Waals surface area (Å²) in [5.74, 6) is -3.25. The molecule has 3 saturated heterocycles. The molecule has 0 aromatic carbocycles. The summed E-state index contributed by atoms with van der Waals surface area (Å²) in [5.41, 5.74) is 0. The predicted molar refractivity (Wildman–Crippen MR) is 320 cm³/mol. The van der Waals surface area contributed by atoms with Crippen LogP contribution >= 0.6 is 7.60 Å². The number of hydrogen-bond acceptors (Lipinski definition) is 26. The van der Waals surface area contributed by atoms with E-state index in [1.807, 2.05) is 0 Å². The number of ether oxygens (including phenoxy) is 6. The fourth-order valence-electron chi connectivity index (χ4n) is 10.3. The van der Waals surface area contributed by atoms with E-state index < -0.39 is 162 Å². The van der Waals surface area contributed by atoms with Gasteiger partial charge in [0.15, 0.2) is 18.9 Å². The molecule has 3 heterocycles. The topological polar surface area (TPSA) is 507 Å². The minimum atomic E-state index is -3.90. The van der Waals surface area contributed by atoms with Gasteiger partial charge in [0.2, 0.25) is 41.4 Å². The van der Waals surface area contributed by atoms with E-state index in [9.17, 15) is 98.9 Å². The molecule has 0 bridgehead atoms. The van der Waals surface area contributed by atoms with Crippen LogP contribution in [0.1, 0.15) is 124 Å². The van der Waals surface area contributed by atoms with E-state index in [0.717, 1.165) is 6.66 Å². The predicted octanol–water partition coefficient (Wildman–Crippen LogP) is -5.24. The summed E-state index contributed by atoms with van der Waals surface area (Å²) in [5, 5.41) is 114. The van der Waals surface area contributed by atoms with Crippen LogP contribution in [0.5, 0.6) is 0 Å². The second-order valence-corrected chi connectivity index (χ2v) is 25.0. The van der Waals surface area contributed by atoms with Gasteiger partial charge in [-0.05, 0) is 64.2 Å². The molecule has 3 aliphatic rings. The fraction of sp³-hybridized carbons (Fsp3) is 0.860. The summed E-state index contributed by atoms with van der Waals surface area (Å²) in [4.78, 5) is 114. The summed E-state index contributed by atoms with van der Waals surface area (Å²) < 4.78 is 50.2. The van der Waals surface area contributed by atoms with Crippen LogP contribution in [0.2, 0.25) is 0 Å². The Morgan fingerprint density at radius 1 is 0.478 bits per heavy atom. The van der Waals surface area contributed by atoms with Crippen molar-refractivity contribution >= 4 is 54.7 Å². The van der Waals surface area contributed by atoms with Crippen molar-refractivity contribution in [3.8, 4) is 0 Å². The van der Waals surface area contributed by atoms with Gasteiger partial charge in [-0.25, -0.2) is 0 Å². The Hall–Kier alpha value is -4.53. The number of carbonyl (C=O) groups is 8. The quantitative estimate of drug-likeness (QED) is 0.0200. The van der Waals surface area contributed by atoms with Gasteiger partial charge in [0, 0.05) is 125 Å². The third-order valence-corrected chi connectivity index (χ3v) is 15.9. The highest BCUT2D eigenvalue weighted by molar-refractivity contribution is 7.51. The van der Waals surface area contributed by atoms with Gasteiger partial charge < -0.3 is 125 Å². The maximum Gasteiger partial charge on any atom is 0.325 e. The fourth-order valence-corrected chi connectivity index (χ4v) is 10.7. The molecule has 35 heteroatoms. The van der Waals surface area contributed by atoms with Crippen molar-refractivity contribution in [1.82, 2.24) is 36.4 Å². The zero-order chi connectivity index (χ0) is 68.5. The molecule has 3 fully saturated rings. The number of rotatable bonds is 45. The van der Waals surface area contributed by atoms with Crippen LogP contribution in [0.3, 0.4) is 0 Å². The molecular formula is C57H102N7O27P. The smallest absolute Gasteiger partial charge is 0.325 e. The van der Waals surface area contributed by atoms with Crippen LogP contribution in [0.15, 0.2) is 0 Å². The van der Waals surface area contributed by atoms with Crippen molar-refractivity contribution < 1.29 is 132 Å². The standard InChI is InChI=1S/C57H102N7O27P/c1-34(68)60-46-52(80)49(77)39(30-65)89-55(46)85-26-10-6-16-37(71)15-5-9-22-63(44(75)18-8-12-28-87-57-48(62-36(3)70)54(82)51(79)41(32-67)91-57)24-14-25-64(45(76)20-19-43(74)59-29-38(72)33-88-92(4,83)84)23-13-21-58-42(73)17-7-11-27-86-56-47(61-35(2)69)53(81)50(78)40(31-66)90-56/h38-41,46-57,65-67,72,77-82H,5-33H2,1-4H3,(H,58,73)(H,59,74)(H,60,68)(H,61,69)(H,62,70)(H,83,84)/t38?,39?,40?,41?,46?,47?,48?,49-,50-,51-,52+,53+,54+,55+,56+,57+/m0/s1. The molecule has 0 aromatic heterocycles. The molecule has 3 rings (SSSR count). The van der Waals surface area contributed by atoms with Crippen molar-refractivity contribution in [1.29, 1.82) is 0 Å². The number of nitrogens with zero attached hydrogens (tertiary/aromatic N) is 2. The lowest BCUT2D eigenvalue weighted by molar-refractivity contribution is -0.270. The monoisotopic (exact) mass is 1350 g/mol. The molecule has 17 atom stereocenters. The van der Waals surface area contributed by atoms with Crippen molar-refractivity contribution in [2.75, 3.05) is 92.2 Å². The SMILES string of the molecule is CC(=O)NC1[C@H](OCCCCC(=O)CCCCN(CCCN(CCCNC(=O)CCCCO[C@@H]2OC(CO)[C@H](O)[C@H](O)C2NC(C)=O)C(=O)CCC(=O)NCC(O)COP(C)(=O)O)C(=O)CCCCO[C@@H]2OC(CO)[C@H](O)[C@H](O)C2NC(C)=O)OC(CO)[C@H](O)[C@@H]1O. The number of hydrogen-bond donors (Lipinski definition) is 16. The van der Waals surface area contributed by atoms with Crippen LogP contribution in [0, 0.1) is 0 Å². The van der Waals surface area contributed by atoms with Gasteiger partial charge in [0.05, 0.1) is 32.5 Å². The molecule has 92 heavy (non-hydrogen) atoms. The first kappa shape index (κ1) is 81.7. The maximum absolute atomic E-state index is 14.0. The normalized spacial score (nSPS) is 27.4. The summed E-state index contributed by atoms with van der Waals surface area (Å²) >= 11 is 0. The van der Waals surface area contributed by atoms with Gasteiger partial charge in [-0.15, -0.1) is 0 Å². The molecule has 0 radical (unpaired) electrons. The van der Waals surface area contributed by atoms with Crippen LogP contribution in [-0.2, 0) is 75.9 Å². The minimum absolute atomic E-state index is 0.0108. The van der Waals surface area contributed by atoms with Gasteiger partial charge >= 0.3 is 7.60 Å². The van der Waals surface area contributed by atoms with E-state index >= 15 is 0 Å². The molecule has 16 N–H and O–H groups in total. The Morgan fingerprint density at radius 2 is 0.848 bits per heavy atom. The molecular weight excluding hydrogens is 1250 g/mol. The number of carbonyl (C=O) groups excluding carboxylic acids is 8. The first-order valence-electron chi connectivity index (χ1n) is 31.4. The lowest BCUT2D eigenvalue weighted by Crippen LogP contribution is -2.64. The average Bonchev–Trinajstić information content (AvgIpc) is 0.845. The molecule has 0 spiro atoms. The Labute approximate surface area is 535 Å². The van der Waals surface area contributed by atoms with E-state index in [1.165, 1.54) is 25.7 Å². The van der Waals surface area contributed by atoms with Crippen molar-refractivity contribution in [2.45, 2.75) is 222 Å². The molecule has 532 valence electrons. The number of ketones is 1. The molecule has 0 aromatic rings.